The van der Waals surface area contributed by atoms with Gasteiger partial charge in [-0.25, -0.2) is 4.99 Å². The summed E-state index contributed by atoms with van der Waals surface area (Å²) in [7, 11) is 0. The monoisotopic (exact) mass is 581 g/mol. The van der Waals surface area contributed by atoms with E-state index in [2.05, 4.69) is 141 Å². The molecule has 0 aromatic heterocycles. The van der Waals surface area contributed by atoms with Crippen molar-refractivity contribution in [2.45, 2.75) is 25.8 Å². The van der Waals surface area contributed by atoms with Gasteiger partial charge in [-0.3, -0.25) is 4.99 Å². The molecule has 7 rings (SSSR count). The Hall–Kier alpha value is -5.54. The van der Waals surface area contributed by atoms with Crippen molar-refractivity contribution < 1.29 is 0 Å². The van der Waals surface area contributed by atoms with Gasteiger partial charge >= 0.3 is 0 Å². The molecule has 218 valence electrons. The molecule has 3 nitrogen and oxygen atoms in total. The molecule has 0 atom stereocenters. The van der Waals surface area contributed by atoms with Crippen molar-refractivity contribution in [1.29, 1.82) is 0 Å². The lowest BCUT2D eigenvalue weighted by molar-refractivity contribution is 0.660. The maximum Gasteiger partial charge on any atom is 0.157 e. The van der Waals surface area contributed by atoms with Crippen LogP contribution >= 0.6 is 0 Å². The van der Waals surface area contributed by atoms with Crippen molar-refractivity contribution in [3.8, 4) is 33.4 Å². The predicted molar refractivity (Wildman–Crippen MR) is 189 cm³/mol. The number of hydrogen-bond donors (Lipinski definition) is 1. The fourth-order valence-electron chi connectivity index (χ4n) is 6.43. The number of fused-ring (bicyclic) bond motifs is 3. The maximum absolute atomic E-state index is 6.92. The van der Waals surface area contributed by atoms with Gasteiger partial charge in [-0.15, -0.1) is 0 Å². The standard InChI is InChI=1S/C42H35N3/c1-42(2)37-24-10-9-22-35(37)39-36(23-13-25-38(39)42)40(43)45-41(44-28-29-14-5-3-6-15-29)34-21-12-20-33(27-34)32-19-11-18-31(26-32)30-16-7-4-8-17-30/h3-27H,28H2,1-2H3,(H2,43,44,45). The van der Waals surface area contributed by atoms with E-state index in [0.717, 1.165) is 33.4 Å². The van der Waals surface area contributed by atoms with E-state index in [1.165, 1.54) is 27.8 Å². The zero-order chi connectivity index (χ0) is 30.8. The highest BCUT2D eigenvalue weighted by molar-refractivity contribution is 6.14. The van der Waals surface area contributed by atoms with Crippen molar-refractivity contribution in [3.63, 3.8) is 0 Å². The van der Waals surface area contributed by atoms with E-state index in [0.29, 0.717) is 18.2 Å². The van der Waals surface area contributed by atoms with Gasteiger partial charge in [0.05, 0.1) is 6.54 Å². The van der Waals surface area contributed by atoms with Gasteiger partial charge in [0.1, 0.15) is 5.84 Å². The minimum atomic E-state index is -0.116. The molecule has 0 spiro atoms. The number of nitrogens with zero attached hydrogens (tertiary/aromatic N) is 2. The third-order valence-corrected chi connectivity index (χ3v) is 8.79. The van der Waals surface area contributed by atoms with Gasteiger partial charge in [-0.1, -0.05) is 153 Å². The highest BCUT2D eigenvalue weighted by Crippen LogP contribution is 2.49. The topological polar surface area (TPSA) is 50.7 Å². The van der Waals surface area contributed by atoms with Gasteiger partial charge in [0.25, 0.3) is 0 Å². The quantitative estimate of drug-likeness (QED) is 0.154. The molecule has 1 aliphatic rings. The molecule has 6 aromatic rings. The van der Waals surface area contributed by atoms with Crippen molar-refractivity contribution in [2.75, 3.05) is 0 Å². The molecule has 2 N–H and O–H groups in total. The normalized spacial score (nSPS) is 13.7. The summed E-state index contributed by atoms with van der Waals surface area (Å²) in [5.41, 5.74) is 19.3. The first-order chi connectivity index (χ1) is 22.0. The summed E-state index contributed by atoms with van der Waals surface area (Å²) >= 11 is 0. The van der Waals surface area contributed by atoms with Gasteiger partial charge in [-0.2, -0.15) is 0 Å². The molecule has 3 heteroatoms. The van der Waals surface area contributed by atoms with Crippen molar-refractivity contribution in [1.82, 2.24) is 0 Å². The van der Waals surface area contributed by atoms with E-state index >= 15 is 0 Å². The summed E-state index contributed by atoms with van der Waals surface area (Å²) < 4.78 is 0. The number of hydrogen-bond acceptors (Lipinski definition) is 1. The summed E-state index contributed by atoms with van der Waals surface area (Å²) in [5, 5.41) is 0. The third kappa shape index (κ3) is 5.49. The van der Waals surface area contributed by atoms with E-state index in [1.807, 2.05) is 24.3 Å². The molecule has 45 heavy (non-hydrogen) atoms. The summed E-state index contributed by atoms with van der Waals surface area (Å²) in [4.78, 5) is 10.1. The number of benzene rings is 6. The van der Waals surface area contributed by atoms with Crippen LogP contribution in [0, 0.1) is 0 Å². The SMILES string of the molecule is CC1(C)c2ccccc2-c2c(C(N)=NC(=NCc3ccccc3)c3cccc(-c4cccc(-c5ccccc5)c4)c3)cccc21. The zero-order valence-electron chi connectivity index (χ0n) is 25.6. The Morgan fingerprint density at radius 3 is 1.93 bits per heavy atom. The van der Waals surface area contributed by atoms with Crippen LogP contribution in [0.4, 0.5) is 0 Å². The lowest BCUT2D eigenvalue weighted by Crippen LogP contribution is -2.19. The smallest absolute Gasteiger partial charge is 0.157 e. The van der Waals surface area contributed by atoms with Crippen LogP contribution in [0.25, 0.3) is 33.4 Å². The Balaban J connectivity index is 1.32. The van der Waals surface area contributed by atoms with Gasteiger partial charge in [0.2, 0.25) is 0 Å². The van der Waals surface area contributed by atoms with Crippen LogP contribution in [0.15, 0.2) is 162 Å². The van der Waals surface area contributed by atoms with E-state index in [9.17, 15) is 0 Å². The van der Waals surface area contributed by atoms with E-state index in [-0.39, 0.29) is 5.41 Å². The molecule has 0 saturated carbocycles. The van der Waals surface area contributed by atoms with Crippen LogP contribution in [-0.4, -0.2) is 11.7 Å². The Bertz CT molecular complexity index is 2050. The highest BCUT2D eigenvalue weighted by Gasteiger charge is 2.36. The molecular weight excluding hydrogens is 546 g/mol. The van der Waals surface area contributed by atoms with E-state index < -0.39 is 0 Å². The van der Waals surface area contributed by atoms with Gasteiger partial charge in [0, 0.05) is 16.5 Å². The summed E-state index contributed by atoms with van der Waals surface area (Å²) in [5.74, 6) is 1.07. The Kier molecular flexibility index (Phi) is 7.44. The fraction of sp³-hybridized carbons (Fsp3) is 0.0952. The van der Waals surface area contributed by atoms with Crippen LogP contribution in [0.2, 0.25) is 0 Å². The van der Waals surface area contributed by atoms with Gasteiger partial charge < -0.3 is 5.73 Å². The molecule has 0 saturated heterocycles. The molecule has 0 fully saturated rings. The Morgan fingerprint density at radius 2 is 1.16 bits per heavy atom. The van der Waals surface area contributed by atoms with Crippen molar-refractivity contribution >= 4 is 11.7 Å². The average molecular weight is 582 g/mol. The Morgan fingerprint density at radius 1 is 0.578 bits per heavy atom. The third-order valence-electron chi connectivity index (χ3n) is 8.79. The number of aliphatic imine (C=N–C) groups is 2. The van der Waals surface area contributed by atoms with Crippen LogP contribution in [-0.2, 0) is 12.0 Å². The highest BCUT2D eigenvalue weighted by atomic mass is 15.0. The number of nitrogens with two attached hydrogens (primary N) is 1. The van der Waals surface area contributed by atoms with Crippen LogP contribution in [0.3, 0.4) is 0 Å². The number of rotatable bonds is 6. The summed E-state index contributed by atoms with van der Waals surface area (Å²) in [6.07, 6.45) is 0. The van der Waals surface area contributed by atoms with Gasteiger partial charge in [-0.05, 0) is 62.2 Å². The first-order valence-electron chi connectivity index (χ1n) is 15.4. The van der Waals surface area contributed by atoms with E-state index in [4.69, 9.17) is 15.7 Å². The summed E-state index contributed by atoms with van der Waals surface area (Å²) in [6, 6.07) is 52.8. The van der Waals surface area contributed by atoms with Crippen molar-refractivity contribution in [2.24, 2.45) is 15.7 Å². The van der Waals surface area contributed by atoms with E-state index in [1.54, 1.807) is 0 Å². The summed E-state index contributed by atoms with van der Waals surface area (Å²) in [6.45, 7) is 5.06. The molecule has 0 heterocycles. The molecule has 6 aromatic carbocycles. The second-order valence-corrected chi connectivity index (χ2v) is 12.0. The van der Waals surface area contributed by atoms with Crippen LogP contribution in [0.5, 0.6) is 0 Å². The number of amidine groups is 2. The second-order valence-electron chi connectivity index (χ2n) is 12.0. The van der Waals surface area contributed by atoms with Crippen LogP contribution < -0.4 is 5.73 Å². The zero-order valence-corrected chi connectivity index (χ0v) is 25.6. The molecule has 0 bridgehead atoms. The molecular formula is C42H35N3. The average Bonchev–Trinajstić information content (AvgIpc) is 3.34. The fourth-order valence-corrected chi connectivity index (χ4v) is 6.43. The predicted octanol–water partition coefficient (Wildman–Crippen LogP) is 9.68. The maximum atomic E-state index is 6.92. The molecule has 1 aliphatic carbocycles. The molecule has 0 unspecified atom stereocenters. The largest absolute Gasteiger partial charge is 0.383 e. The van der Waals surface area contributed by atoms with Gasteiger partial charge in [0.15, 0.2) is 5.84 Å². The molecule has 0 aliphatic heterocycles. The Labute approximate surface area is 265 Å². The molecule has 0 amide bonds. The lowest BCUT2D eigenvalue weighted by Gasteiger charge is -2.21. The first kappa shape index (κ1) is 28.2. The second kappa shape index (κ2) is 11.9. The lowest BCUT2D eigenvalue weighted by atomic mass is 9.82. The van der Waals surface area contributed by atoms with Crippen molar-refractivity contribution in [3.05, 3.63) is 179 Å². The minimum Gasteiger partial charge on any atom is -0.383 e. The molecule has 0 radical (unpaired) electrons. The first-order valence-corrected chi connectivity index (χ1v) is 15.4. The van der Waals surface area contributed by atoms with Crippen LogP contribution in [0.1, 0.15) is 41.7 Å². The minimum absolute atomic E-state index is 0.116.